The Kier molecular flexibility index (Phi) is 4.09. The number of aromatic nitrogens is 1. The summed E-state index contributed by atoms with van der Waals surface area (Å²) in [6.45, 7) is 5.41. The third-order valence-corrected chi connectivity index (χ3v) is 4.49. The first kappa shape index (κ1) is 16.0. The van der Waals surface area contributed by atoms with Gasteiger partial charge in [-0.15, -0.1) is 0 Å². The molecular weight excluding hydrogens is 316 g/mol. The average molecular weight is 338 g/mol. The second-order valence-corrected chi connectivity index (χ2v) is 6.68. The van der Waals surface area contributed by atoms with Gasteiger partial charge in [-0.2, -0.15) is 0 Å². The minimum Gasteiger partial charge on any atom is -0.488 e. The van der Waals surface area contributed by atoms with Gasteiger partial charge >= 0.3 is 0 Å². The van der Waals surface area contributed by atoms with Crippen LogP contribution in [0.5, 0.6) is 5.75 Å². The second-order valence-electron chi connectivity index (χ2n) is 6.68. The molecule has 0 saturated heterocycles. The van der Waals surface area contributed by atoms with Crippen molar-refractivity contribution in [2.45, 2.75) is 32.9 Å². The number of furan rings is 1. The number of nitrogens with zero attached hydrogens (tertiary/aromatic N) is 2. The monoisotopic (exact) mass is 338 g/mol. The van der Waals surface area contributed by atoms with Crippen molar-refractivity contribution in [1.29, 1.82) is 0 Å². The number of oxazole rings is 1. The maximum Gasteiger partial charge on any atom is 0.263 e. The number of hydrogen-bond donors (Lipinski definition) is 0. The summed E-state index contributed by atoms with van der Waals surface area (Å²) in [5.41, 5.74) is 2.22. The van der Waals surface area contributed by atoms with E-state index in [9.17, 15) is 0 Å². The second kappa shape index (κ2) is 6.41. The molecule has 1 aliphatic rings. The van der Waals surface area contributed by atoms with Gasteiger partial charge in [0.2, 0.25) is 0 Å². The highest BCUT2D eigenvalue weighted by Crippen LogP contribution is 2.29. The minimum absolute atomic E-state index is 0.182. The fourth-order valence-electron chi connectivity index (χ4n) is 3.25. The fraction of sp³-hybridized carbons (Fsp3) is 0.350. The lowest BCUT2D eigenvalue weighted by Gasteiger charge is -2.19. The first-order valence-corrected chi connectivity index (χ1v) is 8.54. The van der Waals surface area contributed by atoms with Gasteiger partial charge in [-0.25, -0.2) is 4.98 Å². The van der Waals surface area contributed by atoms with Crippen LogP contribution in [-0.2, 0) is 13.0 Å². The molecule has 0 N–H and O–H groups in total. The molecule has 130 valence electrons. The summed E-state index contributed by atoms with van der Waals surface area (Å²) in [7, 11) is 2.08. The van der Waals surface area contributed by atoms with Crippen molar-refractivity contribution in [2.24, 2.45) is 0 Å². The van der Waals surface area contributed by atoms with Gasteiger partial charge in [-0.3, -0.25) is 4.90 Å². The summed E-state index contributed by atoms with van der Waals surface area (Å²) >= 11 is 0. The smallest absolute Gasteiger partial charge is 0.263 e. The first-order valence-electron chi connectivity index (χ1n) is 8.54. The molecule has 3 aromatic rings. The van der Waals surface area contributed by atoms with Crippen molar-refractivity contribution in [1.82, 2.24) is 9.88 Å². The van der Waals surface area contributed by atoms with Gasteiger partial charge < -0.3 is 13.6 Å². The van der Waals surface area contributed by atoms with E-state index in [0.29, 0.717) is 18.2 Å². The van der Waals surface area contributed by atoms with Gasteiger partial charge in [0.05, 0.1) is 5.69 Å². The normalized spacial score (nSPS) is 16.2. The maximum atomic E-state index is 6.02. The molecule has 0 bridgehead atoms. The Morgan fingerprint density at radius 3 is 2.72 bits per heavy atom. The Morgan fingerprint density at radius 1 is 1.12 bits per heavy atom. The molecule has 1 atom stereocenters. The molecule has 1 unspecified atom stereocenters. The summed E-state index contributed by atoms with van der Waals surface area (Å²) in [5.74, 6) is 3.89. The predicted octanol–water partition coefficient (Wildman–Crippen LogP) is 3.99. The number of rotatable bonds is 5. The number of likely N-dealkylation sites (N-methyl/N-ethyl adjacent to an activating group) is 1. The van der Waals surface area contributed by atoms with E-state index in [1.54, 1.807) is 0 Å². The molecule has 4 rings (SSSR count). The Balaban J connectivity index is 1.40. The highest BCUT2D eigenvalue weighted by Gasteiger charge is 2.24. The number of hydrogen-bond acceptors (Lipinski definition) is 5. The lowest BCUT2D eigenvalue weighted by Crippen LogP contribution is -2.31. The summed E-state index contributed by atoms with van der Waals surface area (Å²) < 4.78 is 17.4. The van der Waals surface area contributed by atoms with Crippen molar-refractivity contribution >= 4 is 0 Å². The van der Waals surface area contributed by atoms with Crippen LogP contribution < -0.4 is 4.74 Å². The topological polar surface area (TPSA) is 51.6 Å². The third kappa shape index (κ3) is 3.33. The van der Waals surface area contributed by atoms with Crippen LogP contribution >= 0.6 is 0 Å². The maximum absolute atomic E-state index is 6.02. The van der Waals surface area contributed by atoms with Crippen molar-refractivity contribution in [2.75, 3.05) is 13.6 Å². The fourth-order valence-corrected chi connectivity index (χ4v) is 3.25. The molecule has 3 heterocycles. The molecule has 2 aromatic heterocycles. The van der Waals surface area contributed by atoms with Crippen LogP contribution in [0.3, 0.4) is 0 Å². The van der Waals surface area contributed by atoms with Gasteiger partial charge in [-0.05, 0) is 44.7 Å². The average Bonchev–Trinajstić information content (AvgIpc) is 3.26. The summed E-state index contributed by atoms with van der Waals surface area (Å²) in [5, 5.41) is 0. The molecule has 5 nitrogen and oxygen atoms in total. The van der Waals surface area contributed by atoms with Crippen LogP contribution in [0.1, 0.15) is 22.8 Å². The zero-order valence-electron chi connectivity index (χ0n) is 14.8. The van der Waals surface area contributed by atoms with Gasteiger partial charge in [0, 0.05) is 19.5 Å². The minimum atomic E-state index is 0.182. The van der Waals surface area contributed by atoms with Crippen molar-refractivity contribution in [3.63, 3.8) is 0 Å². The van der Waals surface area contributed by atoms with E-state index >= 15 is 0 Å². The van der Waals surface area contributed by atoms with Gasteiger partial charge in [-0.1, -0.05) is 18.2 Å². The third-order valence-electron chi connectivity index (χ3n) is 4.49. The highest BCUT2D eigenvalue weighted by atomic mass is 16.5. The molecule has 5 heteroatoms. The summed E-state index contributed by atoms with van der Waals surface area (Å²) in [4.78, 5) is 6.83. The van der Waals surface area contributed by atoms with Crippen molar-refractivity contribution in [3.8, 4) is 17.4 Å². The van der Waals surface area contributed by atoms with Crippen molar-refractivity contribution in [3.05, 3.63) is 59.2 Å². The molecule has 1 aromatic carbocycles. The quantitative estimate of drug-likeness (QED) is 0.704. The van der Waals surface area contributed by atoms with E-state index in [1.165, 1.54) is 5.56 Å². The van der Waals surface area contributed by atoms with E-state index in [-0.39, 0.29) is 6.10 Å². The predicted molar refractivity (Wildman–Crippen MR) is 94.6 cm³/mol. The van der Waals surface area contributed by atoms with Gasteiger partial charge in [0.15, 0.2) is 5.76 Å². The molecule has 0 radical (unpaired) electrons. The molecule has 0 saturated carbocycles. The van der Waals surface area contributed by atoms with Crippen LogP contribution in [0.2, 0.25) is 0 Å². The number of para-hydroxylation sites is 1. The van der Waals surface area contributed by atoms with Crippen LogP contribution in [0.15, 0.2) is 45.2 Å². The van der Waals surface area contributed by atoms with E-state index in [4.69, 9.17) is 13.6 Å². The molecule has 1 aliphatic heterocycles. The van der Waals surface area contributed by atoms with E-state index < -0.39 is 0 Å². The lowest BCUT2D eigenvalue weighted by atomic mass is 10.1. The number of aryl methyl sites for hydroxylation is 2. The SMILES string of the molecule is Cc1ccc(-c2nc(CN(C)CC3Cc4ccccc4O3)c(C)o2)o1. The molecule has 0 fully saturated rings. The summed E-state index contributed by atoms with van der Waals surface area (Å²) in [6.07, 6.45) is 1.14. The van der Waals surface area contributed by atoms with Crippen LogP contribution in [0.4, 0.5) is 0 Å². The molecule has 25 heavy (non-hydrogen) atoms. The van der Waals surface area contributed by atoms with E-state index in [0.717, 1.165) is 35.9 Å². The van der Waals surface area contributed by atoms with Crippen LogP contribution in [0.25, 0.3) is 11.7 Å². The molecule has 0 aliphatic carbocycles. The van der Waals surface area contributed by atoms with E-state index in [2.05, 4.69) is 29.1 Å². The molecule has 0 spiro atoms. The lowest BCUT2D eigenvalue weighted by molar-refractivity contribution is 0.164. The molecule has 0 amide bonds. The van der Waals surface area contributed by atoms with Crippen molar-refractivity contribution < 1.29 is 13.6 Å². The van der Waals surface area contributed by atoms with Crippen LogP contribution in [-0.4, -0.2) is 29.6 Å². The Hall–Kier alpha value is -2.53. The zero-order valence-corrected chi connectivity index (χ0v) is 14.8. The number of fused-ring (bicyclic) bond motifs is 1. The van der Waals surface area contributed by atoms with E-state index in [1.807, 2.05) is 38.1 Å². The number of benzene rings is 1. The first-order chi connectivity index (χ1) is 12.1. The zero-order chi connectivity index (χ0) is 17.4. The Morgan fingerprint density at radius 2 is 1.96 bits per heavy atom. The highest BCUT2D eigenvalue weighted by molar-refractivity contribution is 5.45. The van der Waals surface area contributed by atoms with Gasteiger partial charge in [0.25, 0.3) is 5.89 Å². The Labute approximate surface area is 147 Å². The van der Waals surface area contributed by atoms with Gasteiger partial charge in [0.1, 0.15) is 23.4 Å². The van der Waals surface area contributed by atoms with Crippen LogP contribution in [0, 0.1) is 13.8 Å². The summed E-state index contributed by atoms with van der Waals surface area (Å²) in [6, 6.07) is 12.0. The standard InChI is InChI=1S/C20H22N2O3/c1-13-8-9-19(23-13)20-21-17(14(2)24-20)12-22(3)11-16-10-15-6-4-5-7-18(15)25-16/h4-9,16H,10-12H2,1-3H3. The largest absolute Gasteiger partial charge is 0.488 e. The number of ether oxygens (including phenoxy) is 1. The Bertz CT molecular complexity index is 856. The molecular formula is C20H22N2O3.